The zero-order valence-corrected chi connectivity index (χ0v) is 16.6. The molecule has 0 N–H and O–H groups in total. The van der Waals surface area contributed by atoms with Gasteiger partial charge in [0.25, 0.3) is 0 Å². The normalized spacial score (nSPS) is 30.8. The maximum absolute atomic E-state index is 5.97. The van der Waals surface area contributed by atoms with Crippen LogP contribution < -0.4 is 4.74 Å². The van der Waals surface area contributed by atoms with Crippen molar-refractivity contribution in [1.29, 1.82) is 0 Å². The lowest BCUT2D eigenvalue weighted by atomic mass is 9.49. The molecule has 2 heterocycles. The van der Waals surface area contributed by atoms with E-state index < -0.39 is 0 Å². The summed E-state index contributed by atoms with van der Waals surface area (Å²) in [6.45, 7) is 0.477. The van der Waals surface area contributed by atoms with Crippen LogP contribution in [-0.2, 0) is 12.0 Å². The summed E-state index contributed by atoms with van der Waals surface area (Å²) in [7, 11) is 0. The number of pyridine rings is 1. The van der Waals surface area contributed by atoms with Crippen LogP contribution in [0.4, 0.5) is 0 Å². The first kappa shape index (κ1) is 16.8. The van der Waals surface area contributed by atoms with E-state index >= 15 is 0 Å². The van der Waals surface area contributed by atoms with Crippen LogP contribution in [-0.4, -0.2) is 14.6 Å². The molecule has 0 saturated heterocycles. The quantitative estimate of drug-likeness (QED) is 0.593. The SMILES string of the molecule is Clc1ccc(OCc2cccn3c(C45CC6CC(CC(C6)C4)C5)nnc23)cc1. The number of hydrogen-bond donors (Lipinski definition) is 0. The van der Waals surface area contributed by atoms with E-state index in [1.54, 1.807) is 0 Å². The topological polar surface area (TPSA) is 39.4 Å². The maximum Gasteiger partial charge on any atom is 0.167 e. The zero-order valence-electron chi connectivity index (χ0n) is 15.9. The van der Waals surface area contributed by atoms with Gasteiger partial charge in [0, 0.05) is 22.2 Å². The predicted molar refractivity (Wildman–Crippen MR) is 109 cm³/mol. The molecule has 0 radical (unpaired) electrons. The molecule has 0 aliphatic heterocycles. The van der Waals surface area contributed by atoms with E-state index in [1.807, 2.05) is 24.3 Å². The van der Waals surface area contributed by atoms with E-state index in [2.05, 4.69) is 27.8 Å². The molecule has 4 aliphatic rings. The Labute approximate surface area is 169 Å². The lowest BCUT2D eigenvalue weighted by Gasteiger charge is -2.55. The summed E-state index contributed by atoms with van der Waals surface area (Å²) in [4.78, 5) is 0. The van der Waals surface area contributed by atoms with Crippen molar-refractivity contribution in [2.45, 2.75) is 50.5 Å². The Morgan fingerprint density at radius 1 is 0.964 bits per heavy atom. The Balaban J connectivity index is 1.33. The van der Waals surface area contributed by atoms with Crippen molar-refractivity contribution in [3.05, 3.63) is 59.0 Å². The Morgan fingerprint density at radius 2 is 1.64 bits per heavy atom. The molecule has 7 rings (SSSR count). The monoisotopic (exact) mass is 393 g/mol. The van der Waals surface area contributed by atoms with Gasteiger partial charge >= 0.3 is 0 Å². The van der Waals surface area contributed by atoms with Gasteiger partial charge in [0.2, 0.25) is 0 Å². The fraction of sp³-hybridized carbons (Fsp3) is 0.478. The molecule has 4 saturated carbocycles. The lowest BCUT2D eigenvalue weighted by molar-refractivity contribution is -0.00984. The van der Waals surface area contributed by atoms with Crippen molar-refractivity contribution < 1.29 is 4.74 Å². The number of fused-ring (bicyclic) bond motifs is 1. The molecule has 4 nitrogen and oxygen atoms in total. The van der Waals surface area contributed by atoms with Crippen molar-refractivity contribution >= 4 is 17.2 Å². The van der Waals surface area contributed by atoms with E-state index in [-0.39, 0.29) is 5.41 Å². The second-order valence-corrected chi connectivity index (χ2v) is 9.63. The number of aromatic nitrogens is 3. The zero-order chi connectivity index (χ0) is 18.7. The second-order valence-electron chi connectivity index (χ2n) is 9.19. The molecule has 0 amide bonds. The molecule has 4 aliphatic carbocycles. The molecule has 4 bridgehead atoms. The Morgan fingerprint density at radius 3 is 2.32 bits per heavy atom. The molecule has 3 aromatic rings. The van der Waals surface area contributed by atoms with E-state index in [4.69, 9.17) is 21.4 Å². The Bertz CT molecular complexity index is 991. The summed E-state index contributed by atoms with van der Waals surface area (Å²) in [5.41, 5.74) is 2.24. The van der Waals surface area contributed by atoms with Crippen molar-refractivity contribution in [2.75, 3.05) is 0 Å². The van der Waals surface area contributed by atoms with Gasteiger partial charge in [-0.05, 0) is 86.6 Å². The number of rotatable bonds is 4. The molecular weight excluding hydrogens is 370 g/mol. The minimum atomic E-state index is 0.240. The summed E-state index contributed by atoms with van der Waals surface area (Å²) in [5.74, 6) is 4.70. The molecule has 0 spiro atoms. The highest BCUT2D eigenvalue weighted by atomic mass is 35.5. The molecule has 0 atom stereocenters. The van der Waals surface area contributed by atoms with Crippen LogP contribution in [0.1, 0.15) is 49.9 Å². The van der Waals surface area contributed by atoms with Crippen LogP contribution in [0.25, 0.3) is 5.65 Å². The number of ether oxygens (including phenoxy) is 1. The van der Waals surface area contributed by atoms with Crippen LogP contribution in [0.3, 0.4) is 0 Å². The Kier molecular flexibility index (Phi) is 3.74. The van der Waals surface area contributed by atoms with Gasteiger partial charge in [-0.2, -0.15) is 0 Å². The van der Waals surface area contributed by atoms with E-state index in [0.717, 1.165) is 34.7 Å². The molecule has 144 valence electrons. The summed E-state index contributed by atoms with van der Waals surface area (Å²) >= 11 is 5.96. The first-order chi connectivity index (χ1) is 13.7. The highest BCUT2D eigenvalue weighted by Gasteiger charge is 2.53. The fourth-order valence-electron chi connectivity index (χ4n) is 6.52. The fourth-order valence-corrected chi connectivity index (χ4v) is 6.65. The summed E-state index contributed by atoms with van der Waals surface area (Å²) < 4.78 is 8.22. The maximum atomic E-state index is 5.97. The average Bonchev–Trinajstić information content (AvgIpc) is 3.12. The predicted octanol–water partition coefficient (Wildman–Crippen LogP) is 5.43. The second kappa shape index (κ2) is 6.21. The van der Waals surface area contributed by atoms with Crippen LogP contribution in [0.15, 0.2) is 42.6 Å². The standard InChI is InChI=1S/C23H24ClN3O/c24-19-3-5-20(6-4-19)28-14-18-2-1-7-27-21(18)25-26-22(27)23-11-15-8-16(12-23)10-17(9-15)13-23/h1-7,15-17H,8-14H2. The lowest BCUT2D eigenvalue weighted by Crippen LogP contribution is -2.49. The van der Waals surface area contributed by atoms with E-state index in [0.29, 0.717) is 11.6 Å². The van der Waals surface area contributed by atoms with Crippen molar-refractivity contribution in [1.82, 2.24) is 14.6 Å². The number of nitrogens with zero attached hydrogens (tertiary/aromatic N) is 3. The van der Waals surface area contributed by atoms with Gasteiger partial charge < -0.3 is 4.74 Å². The molecule has 5 heteroatoms. The summed E-state index contributed by atoms with van der Waals surface area (Å²) in [6.07, 6.45) is 10.3. The third-order valence-corrected chi connectivity index (χ3v) is 7.49. The number of hydrogen-bond acceptors (Lipinski definition) is 3. The summed E-state index contributed by atoms with van der Waals surface area (Å²) in [5, 5.41) is 10.1. The van der Waals surface area contributed by atoms with Gasteiger partial charge in [-0.15, -0.1) is 10.2 Å². The highest BCUT2D eigenvalue weighted by molar-refractivity contribution is 6.30. The third kappa shape index (κ3) is 2.65. The molecular formula is C23H24ClN3O. The number of halogens is 1. The van der Waals surface area contributed by atoms with Gasteiger partial charge in [0.1, 0.15) is 18.2 Å². The molecule has 2 aromatic heterocycles. The smallest absolute Gasteiger partial charge is 0.167 e. The molecule has 0 unspecified atom stereocenters. The van der Waals surface area contributed by atoms with Gasteiger partial charge in [0.15, 0.2) is 5.65 Å². The van der Waals surface area contributed by atoms with Gasteiger partial charge in [-0.1, -0.05) is 17.7 Å². The minimum Gasteiger partial charge on any atom is -0.489 e. The molecule has 1 aromatic carbocycles. The van der Waals surface area contributed by atoms with E-state index in [1.165, 1.54) is 44.3 Å². The largest absolute Gasteiger partial charge is 0.489 e. The van der Waals surface area contributed by atoms with Gasteiger partial charge in [-0.25, -0.2) is 0 Å². The highest BCUT2D eigenvalue weighted by Crippen LogP contribution is 2.60. The van der Waals surface area contributed by atoms with Crippen LogP contribution in [0.2, 0.25) is 5.02 Å². The van der Waals surface area contributed by atoms with Gasteiger partial charge in [0.05, 0.1) is 0 Å². The van der Waals surface area contributed by atoms with Gasteiger partial charge in [-0.3, -0.25) is 4.40 Å². The Hall–Kier alpha value is -2.07. The summed E-state index contributed by atoms with van der Waals surface area (Å²) in [6, 6.07) is 11.7. The van der Waals surface area contributed by atoms with Crippen molar-refractivity contribution in [2.24, 2.45) is 17.8 Å². The third-order valence-electron chi connectivity index (χ3n) is 7.24. The minimum absolute atomic E-state index is 0.240. The molecule has 28 heavy (non-hydrogen) atoms. The van der Waals surface area contributed by atoms with Crippen LogP contribution >= 0.6 is 11.6 Å². The first-order valence-corrected chi connectivity index (χ1v) is 10.8. The van der Waals surface area contributed by atoms with Crippen LogP contribution in [0, 0.1) is 17.8 Å². The molecule has 4 fully saturated rings. The average molecular weight is 394 g/mol. The number of benzene rings is 1. The first-order valence-electron chi connectivity index (χ1n) is 10.4. The van der Waals surface area contributed by atoms with E-state index in [9.17, 15) is 0 Å². The van der Waals surface area contributed by atoms with Crippen LogP contribution in [0.5, 0.6) is 5.75 Å². The van der Waals surface area contributed by atoms with Crippen molar-refractivity contribution in [3.8, 4) is 5.75 Å². The van der Waals surface area contributed by atoms with Crippen molar-refractivity contribution in [3.63, 3.8) is 0 Å².